The summed E-state index contributed by atoms with van der Waals surface area (Å²) >= 11 is 0. The highest BCUT2D eigenvalue weighted by molar-refractivity contribution is 6.14. The molecule has 0 spiro atoms. The first-order valence-corrected chi connectivity index (χ1v) is 15.0. The fourth-order valence-corrected chi connectivity index (χ4v) is 5.89. The van der Waals surface area contributed by atoms with Gasteiger partial charge in [-0.2, -0.15) is 10.2 Å². The maximum absolute atomic E-state index is 14.1. The van der Waals surface area contributed by atoms with Crippen LogP contribution in [0.4, 0.5) is 0 Å². The lowest BCUT2D eigenvalue weighted by Gasteiger charge is -2.22. The average Bonchev–Trinajstić information content (AvgIpc) is 3.70. The van der Waals surface area contributed by atoms with Crippen molar-refractivity contribution in [1.82, 2.24) is 19.6 Å². The number of allylic oxidation sites excluding steroid dienone is 2. The van der Waals surface area contributed by atoms with E-state index in [9.17, 15) is 4.79 Å². The Hall–Kier alpha value is -5.55. The summed E-state index contributed by atoms with van der Waals surface area (Å²) in [5, 5.41) is 9.92. The fraction of sp³-hybridized carbons (Fsp3) is 0.103. The molecule has 5 heteroatoms. The largest absolute Gasteiger partial charge is 0.289 e. The predicted octanol–water partition coefficient (Wildman–Crippen LogP) is 8.86. The SMILES string of the molecule is CC1C/C(=C/c2cn(-c3ccccc3)nc2-c2ccccc2)C(=O)/C(=C\c2cn(-c3ccccc3)nc2-c2ccccc2)C1. The zero-order chi connectivity index (χ0) is 29.9. The van der Waals surface area contributed by atoms with Crippen LogP contribution in [0.3, 0.4) is 0 Å². The van der Waals surface area contributed by atoms with E-state index in [1.54, 1.807) is 0 Å². The second-order valence-corrected chi connectivity index (χ2v) is 11.3. The maximum atomic E-state index is 14.1. The average molecular weight is 573 g/mol. The van der Waals surface area contributed by atoms with E-state index < -0.39 is 0 Å². The lowest BCUT2D eigenvalue weighted by atomic mass is 9.80. The first-order chi connectivity index (χ1) is 21.6. The van der Waals surface area contributed by atoms with Crippen molar-refractivity contribution in [2.75, 3.05) is 0 Å². The molecule has 2 aromatic heterocycles. The quantitative estimate of drug-likeness (QED) is 0.187. The molecule has 0 unspecified atom stereocenters. The lowest BCUT2D eigenvalue weighted by molar-refractivity contribution is -0.113. The molecule has 7 rings (SSSR count). The summed E-state index contributed by atoms with van der Waals surface area (Å²) in [7, 11) is 0. The van der Waals surface area contributed by atoms with Crippen LogP contribution in [0.1, 0.15) is 30.9 Å². The summed E-state index contributed by atoms with van der Waals surface area (Å²) in [4.78, 5) is 14.1. The Labute approximate surface area is 257 Å². The molecule has 0 radical (unpaired) electrons. The van der Waals surface area contributed by atoms with E-state index in [0.717, 1.165) is 69.0 Å². The summed E-state index contributed by atoms with van der Waals surface area (Å²) < 4.78 is 3.79. The van der Waals surface area contributed by atoms with Crippen LogP contribution in [0.15, 0.2) is 145 Å². The van der Waals surface area contributed by atoms with Crippen LogP contribution in [0, 0.1) is 5.92 Å². The molecular weight excluding hydrogens is 540 g/mol. The highest BCUT2D eigenvalue weighted by atomic mass is 16.1. The minimum atomic E-state index is 0.0843. The van der Waals surface area contributed by atoms with Crippen LogP contribution in [0.25, 0.3) is 46.0 Å². The van der Waals surface area contributed by atoms with E-state index in [1.807, 2.05) is 131 Å². The van der Waals surface area contributed by atoms with Crippen LogP contribution in [-0.4, -0.2) is 25.3 Å². The third kappa shape index (κ3) is 5.60. The number of hydrogen-bond donors (Lipinski definition) is 0. The Morgan fingerprint density at radius 3 is 1.32 bits per heavy atom. The van der Waals surface area contributed by atoms with Gasteiger partial charge in [0.25, 0.3) is 0 Å². The monoisotopic (exact) mass is 572 g/mol. The van der Waals surface area contributed by atoms with Crippen LogP contribution in [-0.2, 0) is 4.79 Å². The molecule has 1 aliphatic carbocycles. The topological polar surface area (TPSA) is 52.7 Å². The molecule has 1 saturated carbocycles. The summed E-state index contributed by atoms with van der Waals surface area (Å²) in [5.74, 6) is 0.403. The molecule has 0 amide bonds. The first-order valence-electron chi connectivity index (χ1n) is 15.0. The van der Waals surface area contributed by atoms with Gasteiger partial charge in [-0.25, -0.2) is 9.36 Å². The molecular formula is C39H32N4O. The standard InChI is InChI=1S/C39H32N4O/c1-28-22-31(24-33-26-42(35-18-10-4-11-19-35)40-37(33)29-14-6-2-7-15-29)39(44)32(23-28)25-34-27-43(36-20-12-5-13-21-36)41-38(34)30-16-8-3-9-17-30/h2-21,24-28H,22-23H2,1H3/b31-24-,32-25-. The number of carbonyl (C=O) groups excluding carboxylic acids is 1. The molecule has 0 saturated heterocycles. The number of benzene rings is 4. The van der Waals surface area contributed by atoms with Crippen LogP contribution in [0.2, 0.25) is 0 Å². The molecule has 2 heterocycles. The van der Waals surface area contributed by atoms with Gasteiger partial charge in [0.2, 0.25) is 0 Å². The van der Waals surface area contributed by atoms with Gasteiger partial charge in [0.05, 0.1) is 22.8 Å². The highest BCUT2D eigenvalue weighted by Crippen LogP contribution is 2.35. The molecule has 1 aliphatic rings. The Balaban J connectivity index is 1.30. The van der Waals surface area contributed by atoms with Crippen molar-refractivity contribution in [2.24, 2.45) is 5.92 Å². The van der Waals surface area contributed by atoms with Crippen molar-refractivity contribution in [3.63, 3.8) is 0 Å². The summed E-state index contributed by atoms with van der Waals surface area (Å²) in [5.41, 5.74) is 9.15. The van der Waals surface area contributed by atoms with E-state index in [1.165, 1.54) is 0 Å². The Morgan fingerprint density at radius 1 is 0.568 bits per heavy atom. The maximum Gasteiger partial charge on any atom is 0.185 e. The Bertz CT molecular complexity index is 1820. The van der Waals surface area contributed by atoms with Gasteiger partial charge in [-0.15, -0.1) is 0 Å². The number of aromatic nitrogens is 4. The van der Waals surface area contributed by atoms with Crippen molar-refractivity contribution in [1.29, 1.82) is 0 Å². The number of para-hydroxylation sites is 2. The van der Waals surface area contributed by atoms with Gasteiger partial charge in [-0.05, 0) is 55.2 Å². The van der Waals surface area contributed by atoms with E-state index in [0.29, 0.717) is 5.92 Å². The third-order valence-corrected chi connectivity index (χ3v) is 8.00. The molecule has 214 valence electrons. The molecule has 5 nitrogen and oxygen atoms in total. The second kappa shape index (κ2) is 12.0. The summed E-state index contributed by atoms with van der Waals surface area (Å²) in [6.45, 7) is 2.21. The minimum absolute atomic E-state index is 0.0843. The number of ketones is 1. The fourth-order valence-electron chi connectivity index (χ4n) is 5.89. The van der Waals surface area contributed by atoms with Crippen LogP contribution < -0.4 is 0 Å². The van der Waals surface area contributed by atoms with E-state index >= 15 is 0 Å². The van der Waals surface area contributed by atoms with E-state index in [-0.39, 0.29) is 5.78 Å². The normalized spacial score (nSPS) is 16.9. The first kappa shape index (κ1) is 27.3. The number of Topliss-reactive ketones (excluding diaryl/α,β-unsaturated/α-hetero) is 1. The van der Waals surface area contributed by atoms with E-state index in [2.05, 4.69) is 31.2 Å². The zero-order valence-corrected chi connectivity index (χ0v) is 24.5. The molecule has 0 atom stereocenters. The summed E-state index contributed by atoms with van der Waals surface area (Å²) in [6.07, 6.45) is 9.58. The van der Waals surface area contributed by atoms with Gasteiger partial charge in [0.1, 0.15) is 0 Å². The van der Waals surface area contributed by atoms with Crippen LogP contribution in [0.5, 0.6) is 0 Å². The van der Waals surface area contributed by atoms with Gasteiger partial charge in [0.15, 0.2) is 5.78 Å². The molecule has 0 aliphatic heterocycles. The number of nitrogens with zero attached hydrogens (tertiary/aromatic N) is 4. The molecule has 1 fully saturated rings. The van der Waals surface area contributed by atoms with Gasteiger partial charge < -0.3 is 0 Å². The van der Waals surface area contributed by atoms with E-state index in [4.69, 9.17) is 10.2 Å². The number of hydrogen-bond acceptors (Lipinski definition) is 3. The van der Waals surface area contributed by atoms with Crippen LogP contribution >= 0.6 is 0 Å². The highest BCUT2D eigenvalue weighted by Gasteiger charge is 2.27. The van der Waals surface area contributed by atoms with Gasteiger partial charge in [-0.1, -0.05) is 104 Å². The smallest absolute Gasteiger partial charge is 0.185 e. The Morgan fingerprint density at radius 2 is 0.932 bits per heavy atom. The van der Waals surface area contributed by atoms with Crippen molar-refractivity contribution in [3.8, 4) is 33.9 Å². The van der Waals surface area contributed by atoms with Crippen molar-refractivity contribution < 1.29 is 4.79 Å². The van der Waals surface area contributed by atoms with Crippen molar-refractivity contribution >= 4 is 17.9 Å². The van der Waals surface area contributed by atoms with Gasteiger partial charge >= 0.3 is 0 Å². The zero-order valence-electron chi connectivity index (χ0n) is 24.5. The predicted molar refractivity (Wildman–Crippen MR) is 177 cm³/mol. The summed E-state index contributed by atoms with van der Waals surface area (Å²) in [6, 6.07) is 40.5. The molecule has 0 bridgehead atoms. The number of rotatable bonds is 6. The van der Waals surface area contributed by atoms with Gasteiger partial charge in [0, 0.05) is 45.8 Å². The molecule has 6 aromatic rings. The van der Waals surface area contributed by atoms with Crippen molar-refractivity contribution in [3.05, 3.63) is 156 Å². The van der Waals surface area contributed by atoms with Gasteiger partial charge in [-0.3, -0.25) is 4.79 Å². The minimum Gasteiger partial charge on any atom is -0.289 e. The molecule has 4 aromatic carbocycles. The number of carbonyl (C=O) groups is 1. The molecule has 0 N–H and O–H groups in total. The third-order valence-electron chi connectivity index (χ3n) is 8.00. The second-order valence-electron chi connectivity index (χ2n) is 11.3. The molecule has 44 heavy (non-hydrogen) atoms. The van der Waals surface area contributed by atoms with Crippen molar-refractivity contribution in [2.45, 2.75) is 19.8 Å². The Kier molecular flexibility index (Phi) is 7.43. The lowest BCUT2D eigenvalue weighted by Crippen LogP contribution is -2.18.